The van der Waals surface area contributed by atoms with Crippen molar-refractivity contribution in [3.63, 3.8) is 0 Å². The average Bonchev–Trinajstić information content (AvgIpc) is 2.16. The van der Waals surface area contributed by atoms with Gasteiger partial charge in [-0.2, -0.15) is 0 Å². The highest BCUT2D eigenvalue weighted by Crippen LogP contribution is 2.36. The monoisotopic (exact) mass is 413 g/mol. The zero-order valence-corrected chi connectivity index (χ0v) is 13.7. The van der Waals surface area contributed by atoms with E-state index in [4.69, 9.17) is 10.5 Å². The smallest absolute Gasteiger partial charge is 0.147 e. The first-order valence-corrected chi connectivity index (χ1v) is 7.45. The van der Waals surface area contributed by atoms with E-state index in [2.05, 4.69) is 54.7 Å². The molecule has 1 unspecified atom stereocenters. The molecule has 0 aliphatic heterocycles. The van der Waals surface area contributed by atoms with E-state index in [0.717, 1.165) is 32.0 Å². The van der Waals surface area contributed by atoms with Crippen molar-refractivity contribution in [2.45, 2.75) is 25.8 Å². The van der Waals surface area contributed by atoms with Crippen LogP contribution in [-0.4, -0.2) is 12.6 Å². The van der Waals surface area contributed by atoms with Gasteiger partial charge in [-0.15, -0.1) is 0 Å². The lowest BCUT2D eigenvalue weighted by molar-refractivity contribution is 0.278. The molecule has 0 fully saturated rings. The van der Waals surface area contributed by atoms with E-state index >= 15 is 0 Å². The molecule has 0 spiro atoms. The Morgan fingerprint density at radius 2 is 1.81 bits per heavy atom. The Morgan fingerprint density at radius 3 is 2.31 bits per heavy atom. The number of rotatable bonds is 5. The standard InChI is InChI=1S/C11H14Br3NO/c1-2-3-8(15)6-16-11-9(13)4-7(12)5-10(11)14/h4-5,8H,2-3,6,15H2,1H3. The van der Waals surface area contributed by atoms with E-state index in [1.54, 1.807) is 0 Å². The predicted octanol–water partition coefficient (Wildman–Crippen LogP) is 4.48. The van der Waals surface area contributed by atoms with Gasteiger partial charge in [-0.25, -0.2) is 0 Å². The Hall–Kier alpha value is 0.420. The molecular formula is C11H14Br3NO. The normalized spacial score (nSPS) is 12.6. The van der Waals surface area contributed by atoms with Crippen molar-refractivity contribution in [2.24, 2.45) is 5.73 Å². The molecule has 0 bridgehead atoms. The second-order valence-corrected chi connectivity index (χ2v) is 6.18. The summed E-state index contributed by atoms with van der Waals surface area (Å²) in [6.07, 6.45) is 2.05. The van der Waals surface area contributed by atoms with Crippen LogP contribution >= 0.6 is 47.8 Å². The Balaban J connectivity index is 2.67. The van der Waals surface area contributed by atoms with Crippen molar-refractivity contribution in [2.75, 3.05) is 6.61 Å². The van der Waals surface area contributed by atoms with Crippen molar-refractivity contribution in [1.82, 2.24) is 0 Å². The summed E-state index contributed by atoms with van der Waals surface area (Å²) < 4.78 is 8.52. The van der Waals surface area contributed by atoms with Gasteiger partial charge < -0.3 is 10.5 Å². The molecule has 0 heterocycles. The number of ether oxygens (including phenoxy) is 1. The Morgan fingerprint density at radius 1 is 1.25 bits per heavy atom. The lowest BCUT2D eigenvalue weighted by Gasteiger charge is -2.14. The quantitative estimate of drug-likeness (QED) is 0.769. The maximum absolute atomic E-state index is 5.90. The van der Waals surface area contributed by atoms with Crippen LogP contribution in [0.2, 0.25) is 0 Å². The van der Waals surface area contributed by atoms with E-state index in [1.165, 1.54) is 0 Å². The molecule has 90 valence electrons. The molecule has 0 aliphatic carbocycles. The third-order valence-electron chi connectivity index (χ3n) is 2.06. The highest BCUT2D eigenvalue weighted by atomic mass is 79.9. The fourth-order valence-electron chi connectivity index (χ4n) is 1.31. The second-order valence-electron chi connectivity index (χ2n) is 3.56. The van der Waals surface area contributed by atoms with Gasteiger partial charge in [0.15, 0.2) is 0 Å². The third-order valence-corrected chi connectivity index (χ3v) is 3.70. The van der Waals surface area contributed by atoms with Crippen LogP contribution in [0.3, 0.4) is 0 Å². The molecule has 5 heteroatoms. The van der Waals surface area contributed by atoms with Gasteiger partial charge in [0, 0.05) is 10.5 Å². The van der Waals surface area contributed by atoms with E-state index in [1.807, 2.05) is 12.1 Å². The first kappa shape index (κ1) is 14.5. The van der Waals surface area contributed by atoms with Crippen molar-refractivity contribution in [1.29, 1.82) is 0 Å². The largest absolute Gasteiger partial charge is 0.490 e. The predicted molar refractivity (Wildman–Crippen MR) is 77.9 cm³/mol. The number of hydrogen-bond acceptors (Lipinski definition) is 2. The molecule has 0 saturated carbocycles. The van der Waals surface area contributed by atoms with Gasteiger partial charge in [-0.3, -0.25) is 0 Å². The zero-order chi connectivity index (χ0) is 12.1. The van der Waals surface area contributed by atoms with E-state index < -0.39 is 0 Å². The van der Waals surface area contributed by atoms with Crippen molar-refractivity contribution in [3.8, 4) is 5.75 Å². The minimum Gasteiger partial charge on any atom is -0.490 e. The van der Waals surface area contributed by atoms with Gasteiger partial charge in [0.1, 0.15) is 12.4 Å². The molecule has 0 radical (unpaired) electrons. The molecule has 1 aromatic rings. The molecule has 2 N–H and O–H groups in total. The van der Waals surface area contributed by atoms with Crippen LogP contribution in [0.1, 0.15) is 19.8 Å². The maximum atomic E-state index is 5.90. The average molecular weight is 416 g/mol. The summed E-state index contributed by atoms with van der Waals surface area (Å²) in [5.74, 6) is 0.801. The summed E-state index contributed by atoms with van der Waals surface area (Å²) >= 11 is 10.3. The van der Waals surface area contributed by atoms with Crippen LogP contribution in [-0.2, 0) is 0 Å². The number of benzene rings is 1. The molecule has 1 rings (SSSR count). The van der Waals surface area contributed by atoms with E-state index in [0.29, 0.717) is 6.61 Å². The topological polar surface area (TPSA) is 35.2 Å². The van der Waals surface area contributed by atoms with E-state index in [-0.39, 0.29) is 6.04 Å². The highest BCUT2D eigenvalue weighted by Gasteiger charge is 2.10. The summed E-state index contributed by atoms with van der Waals surface area (Å²) in [5, 5.41) is 0. The van der Waals surface area contributed by atoms with Crippen LogP contribution < -0.4 is 10.5 Å². The van der Waals surface area contributed by atoms with Gasteiger partial charge in [0.05, 0.1) is 8.95 Å². The Labute approximate surface area is 121 Å². The molecule has 0 saturated heterocycles. The van der Waals surface area contributed by atoms with Crippen LogP contribution in [0.4, 0.5) is 0 Å². The summed E-state index contributed by atoms with van der Waals surface area (Å²) in [6.45, 7) is 2.65. The summed E-state index contributed by atoms with van der Waals surface area (Å²) in [5.41, 5.74) is 5.90. The first-order chi connectivity index (χ1) is 7.54. The molecule has 2 nitrogen and oxygen atoms in total. The van der Waals surface area contributed by atoms with Crippen molar-refractivity contribution < 1.29 is 4.74 Å². The Bertz CT molecular complexity index is 334. The van der Waals surface area contributed by atoms with Crippen molar-refractivity contribution in [3.05, 3.63) is 25.6 Å². The molecule has 16 heavy (non-hydrogen) atoms. The fourth-order valence-corrected chi connectivity index (χ4v) is 3.80. The number of halogens is 3. The van der Waals surface area contributed by atoms with Gasteiger partial charge in [-0.1, -0.05) is 29.3 Å². The van der Waals surface area contributed by atoms with Crippen LogP contribution in [0, 0.1) is 0 Å². The summed E-state index contributed by atoms with van der Waals surface area (Å²) in [4.78, 5) is 0. The van der Waals surface area contributed by atoms with Crippen LogP contribution in [0.25, 0.3) is 0 Å². The number of nitrogens with two attached hydrogens (primary N) is 1. The molecule has 0 amide bonds. The second kappa shape index (κ2) is 6.99. The molecular weight excluding hydrogens is 402 g/mol. The van der Waals surface area contributed by atoms with Gasteiger partial charge in [0.25, 0.3) is 0 Å². The third kappa shape index (κ3) is 4.35. The van der Waals surface area contributed by atoms with E-state index in [9.17, 15) is 0 Å². The molecule has 0 aromatic heterocycles. The first-order valence-electron chi connectivity index (χ1n) is 5.07. The minimum absolute atomic E-state index is 0.0902. The van der Waals surface area contributed by atoms with Crippen LogP contribution in [0.5, 0.6) is 5.75 Å². The van der Waals surface area contributed by atoms with Crippen molar-refractivity contribution >= 4 is 47.8 Å². The van der Waals surface area contributed by atoms with Gasteiger partial charge >= 0.3 is 0 Å². The SMILES string of the molecule is CCCC(N)COc1c(Br)cc(Br)cc1Br. The zero-order valence-electron chi connectivity index (χ0n) is 8.97. The summed E-state index contributed by atoms with van der Waals surface area (Å²) in [6, 6.07) is 3.99. The van der Waals surface area contributed by atoms with Crippen LogP contribution in [0.15, 0.2) is 25.6 Å². The summed E-state index contributed by atoms with van der Waals surface area (Å²) in [7, 11) is 0. The highest BCUT2D eigenvalue weighted by molar-refractivity contribution is 9.11. The molecule has 1 aromatic carbocycles. The lowest BCUT2D eigenvalue weighted by Crippen LogP contribution is -2.27. The molecule has 0 aliphatic rings. The fraction of sp³-hybridized carbons (Fsp3) is 0.455. The maximum Gasteiger partial charge on any atom is 0.147 e. The van der Waals surface area contributed by atoms with Gasteiger partial charge in [-0.05, 0) is 50.4 Å². The number of hydrogen-bond donors (Lipinski definition) is 1. The minimum atomic E-state index is 0.0902. The lowest BCUT2D eigenvalue weighted by atomic mass is 10.2. The molecule has 1 atom stereocenters. The van der Waals surface area contributed by atoms with Gasteiger partial charge in [0.2, 0.25) is 0 Å². The Kier molecular flexibility index (Phi) is 6.32.